The van der Waals surface area contributed by atoms with E-state index in [1.54, 1.807) is 12.1 Å². The van der Waals surface area contributed by atoms with Gasteiger partial charge in [-0.25, -0.2) is 4.79 Å². The van der Waals surface area contributed by atoms with Crippen molar-refractivity contribution in [2.24, 2.45) is 5.92 Å². The topological polar surface area (TPSA) is 58.2 Å². The van der Waals surface area contributed by atoms with Gasteiger partial charge in [0, 0.05) is 17.1 Å². The standard InChI is InChI=1S/C14H13ClN2O2/c15-9-6-4-8(5-7-9)13-12-10(16-14(19)17-13)2-1-3-11(12)18/h2,4-7,12-13H,1,3H2,(H2,16,17,19)/t12-,13-/m0/s1. The molecule has 2 atom stereocenters. The number of hydrogen-bond donors (Lipinski definition) is 2. The maximum atomic E-state index is 12.1. The molecule has 1 fully saturated rings. The van der Waals surface area contributed by atoms with Crippen LogP contribution in [0.2, 0.25) is 5.02 Å². The van der Waals surface area contributed by atoms with Gasteiger partial charge in [-0.15, -0.1) is 0 Å². The normalized spacial score (nSPS) is 26.1. The molecule has 1 aromatic rings. The molecule has 4 nitrogen and oxygen atoms in total. The Kier molecular flexibility index (Phi) is 3.03. The molecule has 0 aromatic heterocycles. The zero-order chi connectivity index (χ0) is 13.4. The number of halogens is 1. The fourth-order valence-electron chi connectivity index (χ4n) is 2.66. The summed E-state index contributed by atoms with van der Waals surface area (Å²) in [5.41, 5.74) is 1.62. The number of carbonyl (C=O) groups excluding carboxylic acids is 2. The highest BCUT2D eigenvalue weighted by Gasteiger charge is 2.39. The van der Waals surface area contributed by atoms with E-state index in [0.29, 0.717) is 17.9 Å². The van der Waals surface area contributed by atoms with Crippen molar-refractivity contribution in [2.75, 3.05) is 0 Å². The summed E-state index contributed by atoms with van der Waals surface area (Å²) < 4.78 is 0. The Labute approximate surface area is 115 Å². The summed E-state index contributed by atoms with van der Waals surface area (Å²) in [5, 5.41) is 6.18. The van der Waals surface area contributed by atoms with E-state index in [1.807, 2.05) is 18.2 Å². The first-order valence-electron chi connectivity index (χ1n) is 6.21. The van der Waals surface area contributed by atoms with Crippen LogP contribution in [0.15, 0.2) is 36.0 Å². The minimum absolute atomic E-state index is 0.157. The van der Waals surface area contributed by atoms with Crippen LogP contribution in [0.1, 0.15) is 24.4 Å². The van der Waals surface area contributed by atoms with Gasteiger partial charge in [0.1, 0.15) is 5.78 Å². The Bertz CT molecular complexity index is 565. The summed E-state index contributed by atoms with van der Waals surface area (Å²) in [6, 6.07) is 6.64. The minimum atomic E-state index is -0.315. The molecule has 19 heavy (non-hydrogen) atoms. The van der Waals surface area contributed by atoms with Crippen LogP contribution in [0.4, 0.5) is 4.79 Å². The minimum Gasteiger partial charge on any atom is -0.330 e. The first kappa shape index (κ1) is 12.2. The molecule has 2 N–H and O–H groups in total. The van der Waals surface area contributed by atoms with E-state index in [4.69, 9.17) is 11.6 Å². The molecular formula is C14H13ClN2O2. The smallest absolute Gasteiger partial charge is 0.319 e. The van der Waals surface area contributed by atoms with E-state index in [-0.39, 0.29) is 23.8 Å². The van der Waals surface area contributed by atoms with Crippen LogP contribution >= 0.6 is 11.6 Å². The lowest BCUT2D eigenvalue weighted by atomic mass is 9.81. The van der Waals surface area contributed by atoms with Crippen molar-refractivity contribution in [3.05, 3.63) is 46.6 Å². The number of fused-ring (bicyclic) bond motifs is 1. The number of urea groups is 1. The predicted molar refractivity (Wildman–Crippen MR) is 71.7 cm³/mol. The number of benzene rings is 1. The number of rotatable bonds is 1. The van der Waals surface area contributed by atoms with Gasteiger partial charge in [0.15, 0.2) is 0 Å². The van der Waals surface area contributed by atoms with E-state index < -0.39 is 0 Å². The molecule has 3 rings (SSSR count). The number of nitrogens with one attached hydrogen (secondary N) is 2. The van der Waals surface area contributed by atoms with E-state index >= 15 is 0 Å². The van der Waals surface area contributed by atoms with Crippen molar-refractivity contribution in [1.82, 2.24) is 10.6 Å². The SMILES string of the molecule is O=C1NC2=CCCC(=O)[C@H]2[C@H](c2ccc(Cl)cc2)N1. The van der Waals surface area contributed by atoms with E-state index in [9.17, 15) is 9.59 Å². The summed E-state index contributed by atoms with van der Waals surface area (Å²) in [7, 11) is 0. The average molecular weight is 277 g/mol. The lowest BCUT2D eigenvalue weighted by Gasteiger charge is -2.36. The fourth-order valence-corrected chi connectivity index (χ4v) is 2.78. The van der Waals surface area contributed by atoms with Gasteiger partial charge in [-0.2, -0.15) is 0 Å². The molecule has 0 bridgehead atoms. The first-order valence-corrected chi connectivity index (χ1v) is 6.59. The second kappa shape index (κ2) is 4.70. The van der Waals surface area contributed by atoms with E-state index in [0.717, 1.165) is 11.3 Å². The van der Waals surface area contributed by atoms with Crippen molar-refractivity contribution in [3.63, 3.8) is 0 Å². The maximum Gasteiger partial charge on any atom is 0.319 e. The largest absolute Gasteiger partial charge is 0.330 e. The number of amides is 2. The Hall–Kier alpha value is -1.81. The Morgan fingerprint density at radius 2 is 1.89 bits per heavy atom. The Morgan fingerprint density at radius 1 is 1.16 bits per heavy atom. The zero-order valence-corrected chi connectivity index (χ0v) is 10.9. The summed E-state index contributed by atoms with van der Waals surface area (Å²) in [5.74, 6) is -0.155. The zero-order valence-electron chi connectivity index (χ0n) is 10.2. The average Bonchev–Trinajstić information content (AvgIpc) is 2.38. The Morgan fingerprint density at radius 3 is 2.63 bits per heavy atom. The molecular weight excluding hydrogens is 264 g/mol. The third-order valence-corrected chi connectivity index (χ3v) is 3.80. The number of Topliss-reactive ketones (excluding diaryl/α,β-unsaturated/α-hetero) is 1. The first-order chi connectivity index (χ1) is 9.15. The molecule has 1 aliphatic carbocycles. The van der Waals surface area contributed by atoms with Gasteiger partial charge >= 0.3 is 6.03 Å². The third-order valence-electron chi connectivity index (χ3n) is 3.54. The number of allylic oxidation sites excluding steroid dienone is 1. The molecule has 1 saturated heterocycles. The van der Waals surface area contributed by atoms with Crippen molar-refractivity contribution < 1.29 is 9.59 Å². The van der Waals surface area contributed by atoms with Crippen LogP contribution in [0.5, 0.6) is 0 Å². The second-order valence-electron chi connectivity index (χ2n) is 4.77. The highest BCUT2D eigenvalue weighted by atomic mass is 35.5. The molecule has 0 saturated carbocycles. The highest BCUT2D eigenvalue weighted by molar-refractivity contribution is 6.30. The molecule has 5 heteroatoms. The quantitative estimate of drug-likeness (QED) is 0.828. The van der Waals surface area contributed by atoms with Crippen LogP contribution in [0.25, 0.3) is 0 Å². The summed E-state index contributed by atoms with van der Waals surface area (Å²) >= 11 is 5.87. The molecule has 0 spiro atoms. The molecule has 1 heterocycles. The summed E-state index contributed by atoms with van der Waals surface area (Å²) in [6.07, 6.45) is 3.15. The summed E-state index contributed by atoms with van der Waals surface area (Å²) in [4.78, 5) is 23.8. The number of ketones is 1. The highest BCUT2D eigenvalue weighted by Crippen LogP contribution is 2.34. The second-order valence-corrected chi connectivity index (χ2v) is 5.21. The van der Waals surface area contributed by atoms with E-state index in [1.165, 1.54) is 0 Å². The molecule has 0 radical (unpaired) electrons. The third kappa shape index (κ3) is 2.24. The van der Waals surface area contributed by atoms with Crippen LogP contribution in [-0.4, -0.2) is 11.8 Å². The van der Waals surface area contributed by atoms with Gasteiger partial charge in [0.05, 0.1) is 12.0 Å². The van der Waals surface area contributed by atoms with Crippen LogP contribution in [0.3, 0.4) is 0 Å². The van der Waals surface area contributed by atoms with E-state index in [2.05, 4.69) is 10.6 Å². The van der Waals surface area contributed by atoms with Crippen LogP contribution in [0, 0.1) is 5.92 Å². The maximum absolute atomic E-state index is 12.1. The van der Waals surface area contributed by atoms with Gasteiger partial charge in [-0.1, -0.05) is 29.8 Å². The molecule has 1 aromatic carbocycles. The number of carbonyl (C=O) groups is 2. The van der Waals surface area contributed by atoms with Gasteiger partial charge < -0.3 is 10.6 Å². The lowest BCUT2D eigenvalue weighted by molar-refractivity contribution is -0.123. The van der Waals surface area contributed by atoms with Crippen molar-refractivity contribution in [2.45, 2.75) is 18.9 Å². The monoisotopic (exact) mass is 276 g/mol. The molecule has 98 valence electrons. The predicted octanol–water partition coefficient (Wildman–Crippen LogP) is 2.56. The van der Waals surface area contributed by atoms with Crippen molar-refractivity contribution in [1.29, 1.82) is 0 Å². The fraction of sp³-hybridized carbons (Fsp3) is 0.286. The van der Waals surface area contributed by atoms with Gasteiger partial charge in [-0.05, 0) is 24.1 Å². The molecule has 1 aliphatic heterocycles. The molecule has 2 aliphatic rings. The van der Waals surface area contributed by atoms with Crippen molar-refractivity contribution >= 4 is 23.4 Å². The van der Waals surface area contributed by atoms with Gasteiger partial charge in [0.25, 0.3) is 0 Å². The number of hydrogen-bond acceptors (Lipinski definition) is 2. The van der Waals surface area contributed by atoms with Crippen LogP contribution in [-0.2, 0) is 4.79 Å². The van der Waals surface area contributed by atoms with Crippen LogP contribution < -0.4 is 10.6 Å². The summed E-state index contributed by atoms with van der Waals surface area (Å²) in [6.45, 7) is 0. The van der Waals surface area contributed by atoms with Gasteiger partial charge in [-0.3, -0.25) is 4.79 Å². The Balaban J connectivity index is 2.00. The van der Waals surface area contributed by atoms with Crippen molar-refractivity contribution in [3.8, 4) is 0 Å². The lowest BCUT2D eigenvalue weighted by Crippen LogP contribution is -2.51. The molecule has 0 unspecified atom stereocenters. The van der Waals surface area contributed by atoms with Gasteiger partial charge in [0.2, 0.25) is 0 Å². The molecule has 2 amide bonds.